The molecule has 0 unspecified atom stereocenters. The minimum atomic E-state index is -0.542. The SMILES string of the molecule is COc1ccc(CCNC(=NCC(=O)N(C)C)NCCNC(=O)OC(C)(C)C)cc1. The highest BCUT2D eigenvalue weighted by Crippen LogP contribution is 2.11. The molecule has 0 aromatic heterocycles. The number of alkyl carbamates (subject to hydrolysis) is 1. The maximum absolute atomic E-state index is 11.8. The fourth-order valence-electron chi connectivity index (χ4n) is 2.24. The maximum Gasteiger partial charge on any atom is 0.407 e. The molecular weight excluding hydrogens is 386 g/mol. The van der Waals surface area contributed by atoms with Crippen molar-refractivity contribution in [2.45, 2.75) is 32.8 Å². The predicted octanol–water partition coefficient (Wildman–Crippen LogP) is 1.39. The summed E-state index contributed by atoms with van der Waals surface area (Å²) in [5, 5.41) is 9.00. The fourth-order valence-corrected chi connectivity index (χ4v) is 2.24. The van der Waals surface area contributed by atoms with Crippen molar-refractivity contribution in [2.24, 2.45) is 4.99 Å². The van der Waals surface area contributed by atoms with E-state index in [1.54, 1.807) is 21.2 Å². The molecule has 0 saturated carbocycles. The molecule has 1 aromatic carbocycles. The van der Waals surface area contributed by atoms with Gasteiger partial charge >= 0.3 is 6.09 Å². The summed E-state index contributed by atoms with van der Waals surface area (Å²) in [6.07, 6.45) is 0.306. The molecule has 0 bridgehead atoms. The zero-order valence-electron chi connectivity index (χ0n) is 18.9. The lowest BCUT2D eigenvalue weighted by Gasteiger charge is -2.20. The van der Waals surface area contributed by atoms with Crippen LogP contribution in [-0.4, -0.2) is 75.8 Å². The third-order valence-corrected chi connectivity index (χ3v) is 3.82. The van der Waals surface area contributed by atoms with Crippen molar-refractivity contribution in [3.05, 3.63) is 29.8 Å². The largest absolute Gasteiger partial charge is 0.497 e. The Kier molecular flexibility index (Phi) is 10.5. The normalized spacial score (nSPS) is 11.5. The maximum atomic E-state index is 11.8. The summed E-state index contributed by atoms with van der Waals surface area (Å²) in [6.45, 7) is 6.88. The van der Waals surface area contributed by atoms with E-state index in [2.05, 4.69) is 20.9 Å². The highest BCUT2D eigenvalue weighted by Gasteiger charge is 2.15. The molecular formula is C21H35N5O4. The lowest BCUT2D eigenvalue weighted by Crippen LogP contribution is -2.43. The van der Waals surface area contributed by atoms with Crippen LogP contribution < -0.4 is 20.7 Å². The van der Waals surface area contributed by atoms with Gasteiger partial charge in [-0.25, -0.2) is 9.79 Å². The van der Waals surface area contributed by atoms with Gasteiger partial charge in [0.1, 0.15) is 17.9 Å². The summed E-state index contributed by atoms with van der Waals surface area (Å²) >= 11 is 0. The van der Waals surface area contributed by atoms with Crippen molar-refractivity contribution < 1.29 is 19.1 Å². The van der Waals surface area contributed by atoms with Crippen molar-refractivity contribution in [3.8, 4) is 5.75 Å². The van der Waals surface area contributed by atoms with Crippen LogP contribution in [0, 0.1) is 0 Å². The molecule has 0 aliphatic rings. The first-order valence-electron chi connectivity index (χ1n) is 9.93. The first-order chi connectivity index (χ1) is 14.1. The van der Waals surface area contributed by atoms with Crippen molar-refractivity contribution in [1.82, 2.24) is 20.9 Å². The zero-order valence-corrected chi connectivity index (χ0v) is 18.9. The summed E-state index contributed by atoms with van der Waals surface area (Å²) in [5.74, 6) is 1.22. The Balaban J connectivity index is 2.51. The molecule has 0 radical (unpaired) electrons. The minimum absolute atomic E-state index is 0.0321. The molecule has 1 aromatic rings. The highest BCUT2D eigenvalue weighted by molar-refractivity contribution is 5.84. The first-order valence-corrected chi connectivity index (χ1v) is 9.93. The topological polar surface area (TPSA) is 104 Å². The zero-order chi connectivity index (χ0) is 22.6. The van der Waals surface area contributed by atoms with Gasteiger partial charge in [0.05, 0.1) is 7.11 Å². The summed E-state index contributed by atoms with van der Waals surface area (Å²) in [4.78, 5) is 29.3. The van der Waals surface area contributed by atoms with Gasteiger partial charge in [0.2, 0.25) is 5.91 Å². The monoisotopic (exact) mass is 421 g/mol. The first kappa shape index (κ1) is 25.1. The van der Waals surface area contributed by atoms with Crippen LogP contribution in [0.5, 0.6) is 5.75 Å². The quantitative estimate of drug-likeness (QED) is 0.316. The number of benzene rings is 1. The average molecular weight is 422 g/mol. The van der Waals surface area contributed by atoms with Gasteiger partial charge in [-0.1, -0.05) is 12.1 Å². The molecule has 0 fully saturated rings. The lowest BCUT2D eigenvalue weighted by atomic mass is 10.1. The Morgan fingerprint density at radius 3 is 2.17 bits per heavy atom. The second-order valence-electron chi connectivity index (χ2n) is 7.83. The number of ether oxygens (including phenoxy) is 2. The van der Waals surface area contributed by atoms with Gasteiger partial charge in [0, 0.05) is 33.7 Å². The van der Waals surface area contributed by atoms with Gasteiger partial charge in [-0.2, -0.15) is 0 Å². The molecule has 2 amide bonds. The second-order valence-corrected chi connectivity index (χ2v) is 7.83. The summed E-state index contributed by atoms with van der Waals surface area (Å²) in [5.41, 5.74) is 0.610. The van der Waals surface area contributed by atoms with Gasteiger partial charge in [-0.3, -0.25) is 4.79 Å². The molecule has 9 nitrogen and oxygen atoms in total. The van der Waals surface area contributed by atoms with Crippen LogP contribution in [-0.2, 0) is 16.0 Å². The Hall–Kier alpha value is -2.97. The Labute approximate surface area is 179 Å². The van der Waals surface area contributed by atoms with Crippen LogP contribution >= 0.6 is 0 Å². The molecule has 0 heterocycles. The number of hydrogen-bond donors (Lipinski definition) is 3. The van der Waals surface area contributed by atoms with Gasteiger partial charge in [0.25, 0.3) is 0 Å². The van der Waals surface area contributed by atoms with Crippen LogP contribution in [0.25, 0.3) is 0 Å². The standard InChI is InChI=1S/C21H35N5O4/c1-21(2,3)30-20(28)24-14-13-23-19(25-15-18(27)26(4)5)22-12-11-16-7-9-17(29-6)10-8-16/h7-10H,11-15H2,1-6H3,(H,24,28)(H2,22,23,25). The van der Waals surface area contributed by atoms with E-state index in [1.807, 2.05) is 45.0 Å². The number of likely N-dealkylation sites (N-methyl/N-ethyl adjacent to an activating group) is 1. The molecule has 168 valence electrons. The number of nitrogens with one attached hydrogen (secondary N) is 3. The smallest absolute Gasteiger partial charge is 0.407 e. The van der Waals surface area contributed by atoms with Gasteiger partial charge in [-0.05, 0) is 44.9 Å². The number of aliphatic imine (C=N–C) groups is 1. The van der Waals surface area contributed by atoms with E-state index in [9.17, 15) is 9.59 Å². The van der Waals surface area contributed by atoms with Crippen LogP contribution in [0.3, 0.4) is 0 Å². The molecule has 0 atom stereocenters. The van der Waals surface area contributed by atoms with Crippen molar-refractivity contribution >= 4 is 18.0 Å². The second kappa shape index (κ2) is 12.6. The van der Waals surface area contributed by atoms with Crippen molar-refractivity contribution in [3.63, 3.8) is 0 Å². The third kappa shape index (κ3) is 11.1. The lowest BCUT2D eigenvalue weighted by molar-refractivity contribution is -0.127. The third-order valence-electron chi connectivity index (χ3n) is 3.82. The summed E-state index contributed by atoms with van der Waals surface area (Å²) in [7, 11) is 5.01. The average Bonchev–Trinajstić information content (AvgIpc) is 2.67. The van der Waals surface area contributed by atoms with E-state index in [-0.39, 0.29) is 12.5 Å². The number of rotatable bonds is 9. The Morgan fingerprint density at radius 1 is 1.00 bits per heavy atom. The molecule has 3 N–H and O–H groups in total. The molecule has 1 rings (SSSR count). The number of carbonyl (C=O) groups is 2. The van der Waals surface area contributed by atoms with E-state index >= 15 is 0 Å². The molecule has 0 aliphatic carbocycles. The Morgan fingerprint density at radius 2 is 1.60 bits per heavy atom. The van der Waals surface area contributed by atoms with Crippen LogP contribution in [0.2, 0.25) is 0 Å². The van der Waals surface area contributed by atoms with Gasteiger partial charge < -0.3 is 30.3 Å². The van der Waals surface area contributed by atoms with E-state index in [4.69, 9.17) is 9.47 Å². The number of amides is 2. The molecule has 30 heavy (non-hydrogen) atoms. The van der Waals surface area contributed by atoms with E-state index in [1.165, 1.54) is 4.90 Å². The highest BCUT2D eigenvalue weighted by atomic mass is 16.6. The van der Waals surface area contributed by atoms with Crippen LogP contribution in [0.1, 0.15) is 26.3 Å². The number of methoxy groups -OCH3 is 1. The van der Waals surface area contributed by atoms with Gasteiger partial charge in [0.15, 0.2) is 5.96 Å². The van der Waals surface area contributed by atoms with Crippen LogP contribution in [0.4, 0.5) is 4.79 Å². The summed E-state index contributed by atoms with van der Waals surface area (Å²) in [6, 6.07) is 7.84. The number of hydrogen-bond acceptors (Lipinski definition) is 5. The number of carbonyl (C=O) groups excluding carboxylic acids is 2. The van der Waals surface area contributed by atoms with Gasteiger partial charge in [-0.15, -0.1) is 0 Å². The number of nitrogens with zero attached hydrogens (tertiary/aromatic N) is 2. The predicted molar refractivity (Wildman–Crippen MR) is 118 cm³/mol. The molecule has 0 aliphatic heterocycles. The van der Waals surface area contributed by atoms with Crippen molar-refractivity contribution in [1.29, 1.82) is 0 Å². The van der Waals surface area contributed by atoms with E-state index in [0.29, 0.717) is 25.6 Å². The minimum Gasteiger partial charge on any atom is -0.497 e. The molecule has 0 spiro atoms. The molecule has 0 saturated heterocycles. The van der Waals surface area contributed by atoms with Crippen molar-refractivity contribution in [2.75, 3.05) is 47.4 Å². The van der Waals surface area contributed by atoms with E-state index < -0.39 is 11.7 Å². The van der Waals surface area contributed by atoms with Crippen LogP contribution in [0.15, 0.2) is 29.3 Å². The summed E-state index contributed by atoms with van der Waals surface area (Å²) < 4.78 is 10.4. The fraction of sp³-hybridized carbons (Fsp3) is 0.571. The number of guanidine groups is 1. The van der Waals surface area contributed by atoms with E-state index in [0.717, 1.165) is 17.7 Å². The Bertz CT molecular complexity index is 696. The molecule has 9 heteroatoms.